The van der Waals surface area contributed by atoms with Crippen LogP contribution in [0.1, 0.15) is 38.8 Å². The van der Waals surface area contributed by atoms with E-state index in [9.17, 15) is 19.2 Å². The molecule has 0 saturated heterocycles. The second kappa shape index (κ2) is 14.8. The molecule has 0 atom stereocenters. The maximum Gasteiger partial charge on any atom is 0.338 e. The first-order valence-corrected chi connectivity index (χ1v) is 15.8. The van der Waals surface area contributed by atoms with E-state index in [-0.39, 0.29) is 23.3 Å². The molecule has 0 fully saturated rings. The summed E-state index contributed by atoms with van der Waals surface area (Å²) in [5.74, 6) is 0.944. The molecule has 13 nitrogen and oxygen atoms in total. The minimum absolute atomic E-state index is 0.0638. The molecule has 6 N–H and O–H groups in total. The fourth-order valence-electron chi connectivity index (χ4n) is 5.05. The molecule has 2 aromatic heterocycles. The predicted molar refractivity (Wildman–Crippen MR) is 187 cm³/mol. The summed E-state index contributed by atoms with van der Waals surface area (Å²) < 4.78 is 15.2. The molecule has 1 aliphatic heterocycles. The van der Waals surface area contributed by atoms with Crippen LogP contribution in [-0.2, 0) is 16.6 Å². The average Bonchev–Trinajstić information content (AvgIpc) is 3.76. The molecule has 14 heteroatoms. The number of ether oxygens (including phenoxy) is 3. The number of rotatable bonds is 6. The number of fused-ring (bicyclic) bond motifs is 3. The molecule has 7 rings (SSSR count). The normalized spacial score (nSPS) is 11.8. The Bertz CT molecular complexity index is 2220. The highest BCUT2D eigenvalue weighted by atomic mass is 79.9. The molecule has 248 valence electrons. The summed E-state index contributed by atoms with van der Waals surface area (Å²) in [5.41, 5.74) is 12.4. The summed E-state index contributed by atoms with van der Waals surface area (Å²) in [4.78, 5) is 58.6. The van der Waals surface area contributed by atoms with E-state index < -0.39 is 0 Å². The van der Waals surface area contributed by atoms with Crippen LogP contribution in [0.15, 0.2) is 82.4 Å². The smallest absolute Gasteiger partial charge is 0.338 e. The Labute approximate surface area is 282 Å². The van der Waals surface area contributed by atoms with Gasteiger partial charge in [0.05, 0.1) is 55.0 Å². The number of carbonyl (C=O) groups is 2. The van der Waals surface area contributed by atoms with Crippen LogP contribution in [0, 0.1) is 0 Å². The topological polar surface area (TPSA) is 188 Å². The van der Waals surface area contributed by atoms with Crippen LogP contribution in [0.25, 0.3) is 22.1 Å². The number of methoxy groups -OCH3 is 2. The van der Waals surface area contributed by atoms with Crippen molar-refractivity contribution in [3.8, 4) is 11.5 Å². The quantitative estimate of drug-likeness (QED) is 0.0880. The molecule has 1 amide bonds. The van der Waals surface area contributed by atoms with Gasteiger partial charge in [-0.1, -0.05) is 28.1 Å². The second-order valence-corrected chi connectivity index (χ2v) is 11.0. The van der Waals surface area contributed by atoms with Crippen LogP contribution in [0.4, 0.5) is 11.4 Å². The highest BCUT2D eigenvalue weighted by Gasteiger charge is 2.29. The van der Waals surface area contributed by atoms with Gasteiger partial charge in [0, 0.05) is 22.3 Å². The van der Waals surface area contributed by atoms with Gasteiger partial charge in [-0.25, -0.2) is 14.4 Å². The van der Waals surface area contributed by atoms with Gasteiger partial charge in [0.25, 0.3) is 5.91 Å². The van der Waals surface area contributed by atoms with E-state index in [2.05, 4.69) is 35.9 Å². The van der Waals surface area contributed by atoms with Gasteiger partial charge in [0.15, 0.2) is 0 Å². The molecular formula is C34H33BrN6O7. The van der Waals surface area contributed by atoms with Crippen LogP contribution in [0.3, 0.4) is 0 Å². The van der Waals surface area contributed by atoms with E-state index in [1.807, 2.05) is 30.3 Å². The molecule has 0 saturated carbocycles. The first kappa shape index (κ1) is 33.6. The fraction of sp³-hybridized carbons (Fsp3) is 0.176. The van der Waals surface area contributed by atoms with E-state index in [0.717, 1.165) is 33.4 Å². The van der Waals surface area contributed by atoms with Crippen molar-refractivity contribution >= 4 is 61.2 Å². The Morgan fingerprint density at radius 2 is 1.40 bits per heavy atom. The zero-order valence-electron chi connectivity index (χ0n) is 26.3. The van der Waals surface area contributed by atoms with Gasteiger partial charge in [0.1, 0.15) is 11.5 Å². The van der Waals surface area contributed by atoms with E-state index >= 15 is 0 Å². The minimum Gasteiger partial charge on any atom is -0.497 e. The van der Waals surface area contributed by atoms with Crippen molar-refractivity contribution < 1.29 is 23.8 Å². The van der Waals surface area contributed by atoms with Crippen molar-refractivity contribution in [2.45, 2.75) is 18.8 Å². The van der Waals surface area contributed by atoms with E-state index in [0.29, 0.717) is 52.3 Å². The van der Waals surface area contributed by atoms with E-state index in [1.165, 1.54) is 0 Å². The number of hydrogen-bond donors (Lipinski definition) is 5. The van der Waals surface area contributed by atoms with Gasteiger partial charge in [-0.15, -0.1) is 0 Å². The number of alkyl halides is 1. The highest BCUT2D eigenvalue weighted by Crippen LogP contribution is 2.31. The summed E-state index contributed by atoms with van der Waals surface area (Å²) in [5, 5.41) is 0.616. The number of hydrogen-bond acceptors (Lipinski definition) is 8. The number of esters is 1. The number of nitrogens with one attached hydrogen (secondary N) is 4. The minimum atomic E-state index is -0.314. The molecule has 0 bridgehead atoms. The van der Waals surface area contributed by atoms with Gasteiger partial charge in [-0.2, -0.15) is 0 Å². The summed E-state index contributed by atoms with van der Waals surface area (Å²) in [6.45, 7) is 2.67. The standard InChI is InChI=1S/C16H13N3O3.C11H13BrO3.C7H7N3O/c1-22-11-4-2-9-8-19(15(20)12(9)7-11)10-3-5-13-14(6-10)18-16(21)17-13;1-3-15-11(13)10-6-9(14-2)5-4-8(10)7-12;8-4-1-2-5-6(3-4)10-7(11)9-5/h2-7H,8H2,1H3,(H2,17,18,21);4-6H,3,7H2,1-2H3;1-3H,8H2,(H2,9,10,11). The van der Waals surface area contributed by atoms with Crippen molar-refractivity contribution in [2.24, 2.45) is 0 Å². The number of nitrogens with zero attached hydrogens (tertiary/aromatic N) is 1. The summed E-state index contributed by atoms with van der Waals surface area (Å²) >= 11 is 3.33. The third kappa shape index (κ3) is 7.44. The molecule has 6 aromatic rings. The average molecular weight is 718 g/mol. The number of anilines is 2. The Morgan fingerprint density at radius 1 is 0.792 bits per heavy atom. The Kier molecular flexibility index (Phi) is 10.3. The van der Waals surface area contributed by atoms with E-state index in [4.69, 9.17) is 19.9 Å². The molecule has 0 aliphatic carbocycles. The number of aromatic nitrogens is 4. The lowest BCUT2D eigenvalue weighted by molar-refractivity contribution is 0.0525. The SMILES string of the molecule is CCOC(=O)c1cc(OC)ccc1CBr.COc1ccc2c(c1)C(=O)N(c1ccc3[nH]c(=O)[nH]c3c1)C2.Nc1ccc2[nH]c(=O)[nH]c2c1. The van der Waals surface area contributed by atoms with Gasteiger partial charge in [-0.3, -0.25) is 4.79 Å². The Balaban J connectivity index is 0.000000151. The lowest BCUT2D eigenvalue weighted by Gasteiger charge is -2.15. The number of aromatic amines is 4. The van der Waals surface area contributed by atoms with Gasteiger partial charge in [0.2, 0.25) is 0 Å². The molecule has 48 heavy (non-hydrogen) atoms. The lowest BCUT2D eigenvalue weighted by Crippen LogP contribution is -2.22. The van der Waals surface area contributed by atoms with Crippen LogP contribution in [-0.4, -0.2) is 52.6 Å². The lowest BCUT2D eigenvalue weighted by atomic mass is 10.1. The summed E-state index contributed by atoms with van der Waals surface area (Å²) in [7, 11) is 3.15. The number of amides is 1. The zero-order chi connectivity index (χ0) is 34.4. The Hall–Kier alpha value is -5.76. The monoisotopic (exact) mass is 716 g/mol. The molecule has 0 spiro atoms. The summed E-state index contributed by atoms with van der Waals surface area (Å²) in [6, 6.07) is 21.5. The van der Waals surface area contributed by atoms with Crippen LogP contribution in [0.5, 0.6) is 11.5 Å². The maximum absolute atomic E-state index is 12.6. The summed E-state index contributed by atoms with van der Waals surface area (Å²) in [6.07, 6.45) is 0. The third-order valence-electron chi connectivity index (χ3n) is 7.43. The number of carbonyl (C=O) groups excluding carboxylic acids is 2. The number of halogens is 1. The first-order valence-electron chi connectivity index (χ1n) is 14.7. The van der Waals surface area contributed by atoms with E-state index in [1.54, 1.807) is 68.5 Å². The number of benzene rings is 4. The van der Waals surface area contributed by atoms with Gasteiger partial charge < -0.3 is 44.8 Å². The van der Waals surface area contributed by atoms with Gasteiger partial charge >= 0.3 is 17.3 Å². The van der Waals surface area contributed by atoms with Crippen LogP contribution >= 0.6 is 15.9 Å². The number of nitrogen functional groups attached to an aromatic ring is 1. The first-order chi connectivity index (χ1) is 23.1. The molecule has 1 aliphatic rings. The van der Waals surface area contributed by atoms with Crippen molar-refractivity contribution in [1.82, 2.24) is 19.9 Å². The molecule has 3 heterocycles. The Morgan fingerprint density at radius 3 is 2.04 bits per heavy atom. The van der Waals surface area contributed by atoms with Crippen molar-refractivity contribution in [3.63, 3.8) is 0 Å². The number of imidazole rings is 2. The van der Waals surface area contributed by atoms with Crippen molar-refractivity contribution in [1.29, 1.82) is 0 Å². The van der Waals surface area contributed by atoms with Gasteiger partial charge in [-0.05, 0) is 78.7 Å². The van der Waals surface area contributed by atoms with Crippen molar-refractivity contribution in [2.75, 3.05) is 31.5 Å². The molecule has 4 aromatic carbocycles. The molecular weight excluding hydrogens is 684 g/mol. The molecule has 0 radical (unpaired) electrons. The highest BCUT2D eigenvalue weighted by molar-refractivity contribution is 9.08. The second-order valence-electron chi connectivity index (χ2n) is 10.5. The molecule has 0 unspecified atom stereocenters. The fourth-order valence-corrected chi connectivity index (χ4v) is 5.54. The van der Waals surface area contributed by atoms with Crippen molar-refractivity contribution in [3.05, 3.63) is 116 Å². The van der Waals surface area contributed by atoms with Crippen LogP contribution in [0.2, 0.25) is 0 Å². The third-order valence-corrected chi connectivity index (χ3v) is 8.03. The largest absolute Gasteiger partial charge is 0.497 e. The van der Waals surface area contributed by atoms with Crippen LogP contribution < -0.4 is 31.5 Å². The predicted octanol–water partition coefficient (Wildman–Crippen LogP) is 5.23. The zero-order valence-corrected chi connectivity index (χ0v) is 27.9. The maximum atomic E-state index is 12.6. The number of nitrogens with two attached hydrogens (primary N) is 1. The number of H-pyrrole nitrogens is 4.